The first-order valence-corrected chi connectivity index (χ1v) is 12.8. The number of carbonyl (C=O) groups is 1. The number of likely N-dealkylation sites (N-methyl/N-ethyl adjacent to an activating group) is 1. The average Bonchev–Trinajstić information content (AvgIpc) is 3.39. The number of hydrogen-bond donors (Lipinski definition) is 3. The number of pyridine rings is 1. The number of amides is 2. The zero-order chi connectivity index (χ0) is 27.6. The molecule has 0 atom stereocenters. The number of rotatable bonds is 5. The van der Waals surface area contributed by atoms with Crippen molar-refractivity contribution in [2.45, 2.75) is 37.4 Å². The summed E-state index contributed by atoms with van der Waals surface area (Å²) in [7, 11) is 2.11. The van der Waals surface area contributed by atoms with Crippen LogP contribution in [-0.4, -0.2) is 70.8 Å². The van der Waals surface area contributed by atoms with Gasteiger partial charge in [-0.15, -0.1) is 6.42 Å². The zero-order valence-corrected chi connectivity index (χ0v) is 21.5. The molecule has 2 aliphatic rings. The Morgan fingerprint density at radius 3 is 2.41 bits per heavy atom. The number of halogens is 3. The fourth-order valence-electron chi connectivity index (χ4n) is 5.02. The van der Waals surface area contributed by atoms with E-state index >= 15 is 0 Å². The van der Waals surface area contributed by atoms with E-state index in [-0.39, 0.29) is 30.3 Å². The minimum Gasteiger partial charge on any atom is -0.369 e. The second-order valence-electron chi connectivity index (χ2n) is 9.96. The maximum atomic E-state index is 13.7. The molecule has 1 saturated heterocycles. The molecule has 204 valence electrons. The van der Waals surface area contributed by atoms with Gasteiger partial charge >= 0.3 is 12.2 Å². The summed E-state index contributed by atoms with van der Waals surface area (Å²) in [5.41, 5.74) is 0.199. The number of aromatic nitrogens is 3. The van der Waals surface area contributed by atoms with E-state index in [0.29, 0.717) is 23.8 Å². The lowest BCUT2D eigenvalue weighted by molar-refractivity contribution is -0.191. The third-order valence-electron chi connectivity index (χ3n) is 7.31. The van der Waals surface area contributed by atoms with Gasteiger partial charge < -0.3 is 20.4 Å². The van der Waals surface area contributed by atoms with E-state index in [1.807, 2.05) is 24.3 Å². The predicted molar refractivity (Wildman–Crippen MR) is 144 cm³/mol. The molecular formula is C27H29F3N8O. The topological polar surface area (TPSA) is 98.3 Å². The van der Waals surface area contributed by atoms with E-state index in [0.717, 1.165) is 37.6 Å². The van der Waals surface area contributed by atoms with Gasteiger partial charge in [0.1, 0.15) is 11.4 Å². The van der Waals surface area contributed by atoms with Crippen molar-refractivity contribution in [3.05, 3.63) is 42.1 Å². The Balaban J connectivity index is 1.32. The molecule has 3 heterocycles. The molecule has 3 aromatic rings. The second-order valence-corrected chi connectivity index (χ2v) is 9.96. The summed E-state index contributed by atoms with van der Waals surface area (Å²) in [4.78, 5) is 30.3. The first kappa shape index (κ1) is 26.5. The van der Waals surface area contributed by atoms with Crippen LogP contribution >= 0.6 is 0 Å². The van der Waals surface area contributed by atoms with Crippen molar-refractivity contribution in [1.82, 2.24) is 25.2 Å². The summed E-state index contributed by atoms with van der Waals surface area (Å²) < 4.78 is 41.1. The molecule has 2 fully saturated rings. The average molecular weight is 539 g/mol. The van der Waals surface area contributed by atoms with Crippen LogP contribution in [0.4, 0.5) is 41.1 Å². The summed E-state index contributed by atoms with van der Waals surface area (Å²) in [5, 5.41) is 8.13. The number of carbonyl (C=O) groups excluding carboxylic acids is 1. The molecule has 5 rings (SSSR count). The van der Waals surface area contributed by atoms with Gasteiger partial charge in [0.15, 0.2) is 5.65 Å². The third-order valence-corrected chi connectivity index (χ3v) is 7.31. The van der Waals surface area contributed by atoms with Crippen LogP contribution in [0.5, 0.6) is 0 Å². The summed E-state index contributed by atoms with van der Waals surface area (Å²) in [6.07, 6.45) is 3.05. The van der Waals surface area contributed by atoms with Crippen molar-refractivity contribution in [1.29, 1.82) is 0 Å². The van der Waals surface area contributed by atoms with Crippen molar-refractivity contribution >= 4 is 40.2 Å². The lowest BCUT2D eigenvalue weighted by Crippen LogP contribution is -2.57. The van der Waals surface area contributed by atoms with Crippen LogP contribution in [0.25, 0.3) is 11.0 Å². The molecule has 2 aromatic heterocycles. The molecule has 2 amide bonds. The standard InChI is InChI=1S/C27H29F3N8O/c1-3-18-16-22(34-25(39)36-26(27(28,29)30)10-4-5-11-26)33-23-21(18)17-31-24(35-23)32-19-6-8-20(9-7-19)38-14-12-37(2)13-15-38/h1,6-9,16-17H,4-5,10-15H2,2H3,(H3,31,32,33,34,35,36,39). The van der Waals surface area contributed by atoms with Crippen LogP contribution in [0.2, 0.25) is 0 Å². The molecule has 1 aromatic carbocycles. The fourth-order valence-corrected chi connectivity index (χ4v) is 5.02. The SMILES string of the molecule is C#Cc1cc(NC(=O)NC2(C(F)(F)F)CCCC2)nc2nc(Nc3ccc(N4CCN(C)CC4)cc3)ncc12. The Morgan fingerprint density at radius 1 is 1.08 bits per heavy atom. The second kappa shape index (κ2) is 10.6. The smallest absolute Gasteiger partial charge is 0.369 e. The van der Waals surface area contributed by atoms with Crippen LogP contribution in [-0.2, 0) is 0 Å². The van der Waals surface area contributed by atoms with Crippen LogP contribution in [0.3, 0.4) is 0 Å². The summed E-state index contributed by atoms with van der Waals surface area (Å²) in [6, 6.07) is 8.33. The van der Waals surface area contributed by atoms with Crippen molar-refractivity contribution < 1.29 is 18.0 Å². The number of piperazine rings is 1. The Morgan fingerprint density at radius 2 is 1.77 bits per heavy atom. The van der Waals surface area contributed by atoms with Crippen molar-refractivity contribution in [3.63, 3.8) is 0 Å². The van der Waals surface area contributed by atoms with E-state index in [9.17, 15) is 18.0 Å². The van der Waals surface area contributed by atoms with Gasteiger partial charge in [-0.05, 0) is 50.2 Å². The van der Waals surface area contributed by atoms with E-state index < -0.39 is 17.7 Å². The Hall–Kier alpha value is -4.11. The molecule has 1 saturated carbocycles. The molecular weight excluding hydrogens is 509 g/mol. The number of nitrogens with zero attached hydrogens (tertiary/aromatic N) is 5. The number of fused-ring (bicyclic) bond motifs is 1. The van der Waals surface area contributed by atoms with Gasteiger partial charge in [-0.3, -0.25) is 5.32 Å². The molecule has 9 nitrogen and oxygen atoms in total. The number of urea groups is 1. The van der Waals surface area contributed by atoms with E-state index in [1.54, 1.807) is 0 Å². The van der Waals surface area contributed by atoms with Gasteiger partial charge in [0.25, 0.3) is 0 Å². The lowest BCUT2D eigenvalue weighted by Gasteiger charge is -2.34. The highest BCUT2D eigenvalue weighted by Gasteiger charge is 2.56. The Kier molecular flexibility index (Phi) is 7.18. The quantitative estimate of drug-likeness (QED) is 0.412. The zero-order valence-electron chi connectivity index (χ0n) is 21.5. The lowest BCUT2D eigenvalue weighted by atomic mass is 9.97. The predicted octanol–water partition coefficient (Wildman–Crippen LogP) is 4.50. The van der Waals surface area contributed by atoms with Gasteiger partial charge in [0, 0.05) is 49.3 Å². The summed E-state index contributed by atoms with van der Waals surface area (Å²) in [6.45, 7) is 3.95. The maximum absolute atomic E-state index is 13.7. The Labute approximate surface area is 224 Å². The van der Waals surface area contributed by atoms with Crippen LogP contribution in [0, 0.1) is 12.3 Å². The van der Waals surface area contributed by atoms with Gasteiger partial charge in [-0.25, -0.2) is 14.8 Å². The number of alkyl halides is 3. The largest absolute Gasteiger partial charge is 0.411 e. The highest BCUT2D eigenvalue weighted by atomic mass is 19.4. The minimum absolute atomic E-state index is 0.00977. The Bertz CT molecular complexity index is 1390. The van der Waals surface area contributed by atoms with E-state index in [4.69, 9.17) is 6.42 Å². The number of nitrogens with one attached hydrogen (secondary N) is 3. The van der Waals surface area contributed by atoms with Gasteiger partial charge in [-0.2, -0.15) is 18.2 Å². The molecule has 3 N–H and O–H groups in total. The number of terminal acetylenes is 1. The molecule has 39 heavy (non-hydrogen) atoms. The van der Waals surface area contributed by atoms with E-state index in [2.05, 4.69) is 53.7 Å². The maximum Gasteiger partial charge on any atom is 0.411 e. The molecule has 0 radical (unpaired) electrons. The van der Waals surface area contributed by atoms with Gasteiger partial charge in [0.05, 0.1) is 5.39 Å². The minimum atomic E-state index is -4.56. The normalized spacial score (nSPS) is 17.6. The first-order chi connectivity index (χ1) is 18.7. The summed E-state index contributed by atoms with van der Waals surface area (Å²) in [5.74, 6) is 2.75. The molecule has 0 spiro atoms. The molecule has 1 aliphatic heterocycles. The molecule has 12 heteroatoms. The van der Waals surface area contributed by atoms with Crippen LogP contribution in [0.15, 0.2) is 36.5 Å². The molecule has 1 aliphatic carbocycles. The van der Waals surface area contributed by atoms with Crippen LogP contribution in [0.1, 0.15) is 31.2 Å². The van der Waals surface area contributed by atoms with Crippen molar-refractivity contribution in [3.8, 4) is 12.3 Å². The number of anilines is 4. The van der Waals surface area contributed by atoms with E-state index in [1.165, 1.54) is 12.3 Å². The third kappa shape index (κ3) is 5.68. The van der Waals surface area contributed by atoms with Gasteiger partial charge in [0.2, 0.25) is 5.95 Å². The molecule has 0 bridgehead atoms. The highest BCUT2D eigenvalue weighted by Crippen LogP contribution is 2.43. The van der Waals surface area contributed by atoms with Crippen molar-refractivity contribution in [2.75, 3.05) is 48.8 Å². The fraction of sp³-hybridized carbons (Fsp3) is 0.407. The van der Waals surface area contributed by atoms with Gasteiger partial charge in [-0.1, -0.05) is 18.8 Å². The number of benzene rings is 1. The highest BCUT2D eigenvalue weighted by molar-refractivity contribution is 5.92. The first-order valence-electron chi connectivity index (χ1n) is 12.8. The molecule has 0 unspecified atom stereocenters. The summed E-state index contributed by atoms with van der Waals surface area (Å²) >= 11 is 0. The monoisotopic (exact) mass is 538 g/mol. The number of hydrogen-bond acceptors (Lipinski definition) is 7. The van der Waals surface area contributed by atoms with Crippen molar-refractivity contribution in [2.24, 2.45) is 0 Å². The van der Waals surface area contributed by atoms with Crippen LogP contribution < -0.4 is 20.9 Å².